The summed E-state index contributed by atoms with van der Waals surface area (Å²) in [7, 11) is 0. The highest BCUT2D eigenvalue weighted by atomic mass is 16.5. The molecule has 2 aromatic heterocycles. The van der Waals surface area contributed by atoms with Gasteiger partial charge in [-0.2, -0.15) is 5.10 Å². The van der Waals surface area contributed by atoms with Crippen LogP contribution in [-0.4, -0.2) is 45.0 Å². The third-order valence-electron chi connectivity index (χ3n) is 6.14. The number of nitrogens with one attached hydrogen (secondary N) is 2. The lowest BCUT2D eigenvalue weighted by molar-refractivity contribution is -0.146. The number of anilines is 2. The first kappa shape index (κ1) is 19.3. The van der Waals surface area contributed by atoms with Crippen LogP contribution >= 0.6 is 0 Å². The lowest BCUT2D eigenvalue weighted by Gasteiger charge is -2.39. The zero-order chi connectivity index (χ0) is 21.5. The number of likely N-dealkylation sites (tertiary alicyclic amines) is 1. The van der Waals surface area contributed by atoms with Gasteiger partial charge in [0.05, 0.1) is 41.6 Å². The monoisotopic (exact) mass is 420 g/mol. The molecule has 0 spiro atoms. The highest BCUT2D eigenvalue weighted by Gasteiger charge is 2.36. The van der Waals surface area contributed by atoms with Crippen LogP contribution in [0.25, 0.3) is 10.9 Å². The van der Waals surface area contributed by atoms with E-state index in [0.717, 1.165) is 36.1 Å². The molecule has 0 radical (unpaired) electrons. The molecule has 160 valence electrons. The fourth-order valence-corrected chi connectivity index (χ4v) is 4.56. The van der Waals surface area contributed by atoms with Gasteiger partial charge in [-0.25, -0.2) is 4.98 Å². The van der Waals surface area contributed by atoms with E-state index in [2.05, 4.69) is 33.5 Å². The van der Waals surface area contributed by atoms with Crippen molar-refractivity contribution in [2.75, 3.05) is 24.2 Å². The van der Waals surface area contributed by atoms with Crippen molar-refractivity contribution in [3.05, 3.63) is 41.7 Å². The van der Waals surface area contributed by atoms with Crippen LogP contribution in [0.3, 0.4) is 0 Å². The minimum absolute atomic E-state index is 0.195. The summed E-state index contributed by atoms with van der Waals surface area (Å²) in [6.45, 7) is 3.26. The fraction of sp³-hybridized carbons (Fsp3) is 0.364. The first-order valence-electron chi connectivity index (χ1n) is 10.5. The van der Waals surface area contributed by atoms with Gasteiger partial charge in [-0.15, -0.1) is 0 Å². The summed E-state index contributed by atoms with van der Waals surface area (Å²) < 4.78 is 5.87. The van der Waals surface area contributed by atoms with Gasteiger partial charge < -0.3 is 20.7 Å². The van der Waals surface area contributed by atoms with Crippen molar-refractivity contribution in [3.8, 4) is 5.75 Å². The number of fused-ring (bicyclic) bond motifs is 2. The summed E-state index contributed by atoms with van der Waals surface area (Å²) in [5.74, 6) is 0.188. The standard InChI is InChI=1S/C22H24N6O3/c1-12-5-6-17(14-4-2-3-13-7-8-31-19(13)14)28(11-12)22(30)21(29)26-16-10-24-20(23)15-9-25-27-18(15)16/h2-4,9-10,12,17H,5-8,11H2,1H3,(H2,23,24)(H,25,27)(H,26,29)/t12-,17+/m0/s1. The molecule has 0 saturated carbocycles. The number of hydrogen-bond acceptors (Lipinski definition) is 6. The molecule has 2 amide bonds. The molecule has 2 atom stereocenters. The number of ether oxygens (including phenoxy) is 1. The van der Waals surface area contributed by atoms with Crippen LogP contribution in [-0.2, 0) is 16.0 Å². The molecular weight excluding hydrogens is 396 g/mol. The molecule has 9 nitrogen and oxygen atoms in total. The Morgan fingerprint density at radius 1 is 1.29 bits per heavy atom. The van der Waals surface area contributed by atoms with Gasteiger partial charge in [0, 0.05) is 18.5 Å². The highest BCUT2D eigenvalue weighted by Crippen LogP contribution is 2.41. The van der Waals surface area contributed by atoms with E-state index in [1.54, 1.807) is 4.90 Å². The van der Waals surface area contributed by atoms with Crippen molar-refractivity contribution in [2.45, 2.75) is 32.2 Å². The maximum atomic E-state index is 13.3. The number of benzene rings is 1. The molecule has 5 rings (SSSR count). The van der Waals surface area contributed by atoms with Gasteiger partial charge in [0.2, 0.25) is 0 Å². The molecule has 2 aliphatic rings. The van der Waals surface area contributed by atoms with E-state index in [0.29, 0.717) is 41.5 Å². The zero-order valence-electron chi connectivity index (χ0n) is 17.2. The average molecular weight is 420 g/mol. The zero-order valence-corrected chi connectivity index (χ0v) is 17.2. The van der Waals surface area contributed by atoms with E-state index < -0.39 is 11.8 Å². The van der Waals surface area contributed by atoms with Crippen molar-refractivity contribution in [1.82, 2.24) is 20.1 Å². The summed E-state index contributed by atoms with van der Waals surface area (Å²) >= 11 is 0. The van der Waals surface area contributed by atoms with Gasteiger partial charge in [-0.1, -0.05) is 25.1 Å². The van der Waals surface area contributed by atoms with Crippen LogP contribution < -0.4 is 15.8 Å². The number of pyridine rings is 1. The van der Waals surface area contributed by atoms with Gasteiger partial charge >= 0.3 is 11.8 Å². The largest absolute Gasteiger partial charge is 0.493 e. The fourth-order valence-electron chi connectivity index (χ4n) is 4.56. The Labute approximate surface area is 179 Å². The third-order valence-corrected chi connectivity index (χ3v) is 6.14. The van der Waals surface area contributed by atoms with Gasteiger partial charge in [-0.3, -0.25) is 14.7 Å². The number of para-hydroxylation sites is 1. The van der Waals surface area contributed by atoms with Gasteiger partial charge in [0.25, 0.3) is 0 Å². The van der Waals surface area contributed by atoms with E-state index in [9.17, 15) is 9.59 Å². The molecular formula is C22H24N6O3. The second kappa shape index (κ2) is 7.57. The minimum Gasteiger partial charge on any atom is -0.493 e. The molecule has 4 heterocycles. The Morgan fingerprint density at radius 2 is 2.16 bits per heavy atom. The van der Waals surface area contributed by atoms with E-state index >= 15 is 0 Å². The summed E-state index contributed by atoms with van der Waals surface area (Å²) in [6, 6.07) is 5.86. The Bertz CT molecular complexity index is 1170. The van der Waals surface area contributed by atoms with Crippen molar-refractivity contribution in [1.29, 1.82) is 0 Å². The minimum atomic E-state index is -0.713. The first-order chi connectivity index (χ1) is 15.0. The van der Waals surface area contributed by atoms with E-state index in [4.69, 9.17) is 10.5 Å². The number of hydrogen-bond donors (Lipinski definition) is 3. The quantitative estimate of drug-likeness (QED) is 0.547. The Balaban J connectivity index is 1.43. The SMILES string of the molecule is C[C@H]1CC[C@H](c2cccc3c2OCC3)N(C(=O)C(=O)Nc2cnc(N)c3cn[nH]c23)C1. The number of nitrogen functional groups attached to an aromatic ring is 1. The number of carbonyl (C=O) groups is 2. The lowest BCUT2D eigenvalue weighted by atomic mass is 9.88. The van der Waals surface area contributed by atoms with Crippen LogP contribution in [0.2, 0.25) is 0 Å². The summed E-state index contributed by atoms with van der Waals surface area (Å²) in [5.41, 5.74) is 8.88. The summed E-state index contributed by atoms with van der Waals surface area (Å²) in [6.07, 6.45) is 5.60. The number of aromatic amines is 1. The molecule has 1 aromatic carbocycles. The predicted molar refractivity (Wildman–Crippen MR) is 115 cm³/mol. The second-order valence-electron chi connectivity index (χ2n) is 8.26. The molecule has 9 heteroatoms. The number of piperidine rings is 1. The van der Waals surface area contributed by atoms with Crippen LogP contribution in [0, 0.1) is 5.92 Å². The number of nitrogens with zero attached hydrogens (tertiary/aromatic N) is 3. The topological polar surface area (TPSA) is 126 Å². The van der Waals surface area contributed by atoms with E-state index in [1.165, 1.54) is 12.4 Å². The van der Waals surface area contributed by atoms with Crippen LogP contribution in [0.15, 0.2) is 30.6 Å². The number of rotatable bonds is 2. The number of carbonyl (C=O) groups excluding carboxylic acids is 2. The van der Waals surface area contributed by atoms with Crippen LogP contribution in [0.1, 0.15) is 36.9 Å². The first-order valence-corrected chi connectivity index (χ1v) is 10.5. The highest BCUT2D eigenvalue weighted by molar-refractivity contribution is 6.40. The molecule has 1 saturated heterocycles. The Morgan fingerprint density at radius 3 is 3.03 bits per heavy atom. The van der Waals surface area contributed by atoms with Crippen molar-refractivity contribution >= 4 is 34.2 Å². The average Bonchev–Trinajstić information content (AvgIpc) is 3.45. The number of H-pyrrole nitrogens is 1. The van der Waals surface area contributed by atoms with E-state index in [-0.39, 0.29) is 6.04 Å². The van der Waals surface area contributed by atoms with Gasteiger partial charge in [-0.05, 0) is 24.3 Å². The molecule has 0 unspecified atom stereocenters. The molecule has 3 aromatic rings. The Kier molecular flexibility index (Phi) is 4.72. The number of amides is 2. The molecule has 0 bridgehead atoms. The maximum Gasteiger partial charge on any atom is 0.314 e. The third kappa shape index (κ3) is 3.35. The number of nitrogens with two attached hydrogens (primary N) is 1. The molecule has 1 fully saturated rings. The normalized spacial score (nSPS) is 20.4. The van der Waals surface area contributed by atoms with E-state index in [1.807, 2.05) is 12.1 Å². The maximum absolute atomic E-state index is 13.3. The van der Waals surface area contributed by atoms with Crippen molar-refractivity contribution in [2.24, 2.45) is 5.92 Å². The Hall–Kier alpha value is -3.62. The molecule has 0 aliphatic carbocycles. The molecule has 4 N–H and O–H groups in total. The molecule has 2 aliphatic heterocycles. The van der Waals surface area contributed by atoms with Crippen LogP contribution in [0.5, 0.6) is 5.75 Å². The summed E-state index contributed by atoms with van der Waals surface area (Å²) in [4.78, 5) is 32.0. The lowest BCUT2D eigenvalue weighted by Crippen LogP contribution is -2.46. The van der Waals surface area contributed by atoms with Crippen LogP contribution in [0.4, 0.5) is 11.5 Å². The molecule has 31 heavy (non-hydrogen) atoms. The van der Waals surface area contributed by atoms with Crippen molar-refractivity contribution in [3.63, 3.8) is 0 Å². The van der Waals surface area contributed by atoms with Gasteiger partial charge in [0.1, 0.15) is 11.6 Å². The predicted octanol–water partition coefficient (Wildman–Crippen LogP) is 2.41. The van der Waals surface area contributed by atoms with Crippen molar-refractivity contribution < 1.29 is 14.3 Å². The van der Waals surface area contributed by atoms with Gasteiger partial charge in [0.15, 0.2) is 0 Å². The smallest absolute Gasteiger partial charge is 0.314 e. The summed E-state index contributed by atoms with van der Waals surface area (Å²) in [5, 5.41) is 10.0. The number of aromatic nitrogens is 3. The second-order valence-corrected chi connectivity index (χ2v) is 8.26.